The van der Waals surface area contributed by atoms with Crippen molar-refractivity contribution in [1.29, 1.82) is 0 Å². The van der Waals surface area contributed by atoms with E-state index in [0.717, 1.165) is 18.4 Å². The summed E-state index contributed by atoms with van der Waals surface area (Å²) in [6, 6.07) is 12.8. The Balaban J connectivity index is 1.99. The van der Waals surface area contributed by atoms with E-state index in [-0.39, 0.29) is 5.91 Å². The Kier molecular flexibility index (Phi) is 9.15. The van der Waals surface area contributed by atoms with Crippen LogP contribution in [0.1, 0.15) is 35.7 Å². The smallest absolute Gasteiger partial charge is 0.255 e. The summed E-state index contributed by atoms with van der Waals surface area (Å²) in [6.07, 6.45) is 2.07. The summed E-state index contributed by atoms with van der Waals surface area (Å²) in [5.41, 5.74) is 1.41. The van der Waals surface area contributed by atoms with Crippen LogP contribution in [0.15, 0.2) is 42.5 Å². The minimum atomic E-state index is -0.199. The van der Waals surface area contributed by atoms with Crippen molar-refractivity contribution in [2.75, 3.05) is 34.0 Å². The molecule has 152 valence electrons. The summed E-state index contributed by atoms with van der Waals surface area (Å²) in [7, 11) is 3.22. The summed E-state index contributed by atoms with van der Waals surface area (Å²) in [4.78, 5) is 12.6. The Bertz CT molecular complexity index is 747. The highest BCUT2D eigenvalue weighted by molar-refractivity contribution is 5.96. The lowest BCUT2D eigenvalue weighted by atomic mass is 10.1. The van der Waals surface area contributed by atoms with Gasteiger partial charge in [0.15, 0.2) is 11.5 Å². The molecule has 1 amide bonds. The molecule has 0 unspecified atom stereocenters. The molecule has 0 radical (unpaired) electrons. The molecule has 0 saturated heterocycles. The number of amides is 1. The third-order valence-electron chi connectivity index (χ3n) is 4.11. The maximum absolute atomic E-state index is 12.6. The van der Waals surface area contributed by atoms with Crippen LogP contribution in [0.2, 0.25) is 0 Å². The summed E-state index contributed by atoms with van der Waals surface area (Å²) in [5.74, 6) is 1.71. The number of unbranched alkanes of at least 4 members (excludes halogenated alkanes) is 1. The molecule has 0 spiro atoms. The first kappa shape index (κ1) is 21.6. The van der Waals surface area contributed by atoms with Crippen LogP contribution in [0, 0.1) is 0 Å². The molecule has 0 aliphatic heterocycles. The Labute approximate surface area is 166 Å². The largest absolute Gasteiger partial charge is 0.493 e. The van der Waals surface area contributed by atoms with E-state index in [1.165, 1.54) is 0 Å². The Hall–Kier alpha value is -2.73. The molecule has 28 heavy (non-hydrogen) atoms. The monoisotopic (exact) mass is 387 g/mol. The van der Waals surface area contributed by atoms with Crippen LogP contribution in [0.3, 0.4) is 0 Å². The van der Waals surface area contributed by atoms with E-state index in [1.54, 1.807) is 26.4 Å². The van der Waals surface area contributed by atoms with Crippen molar-refractivity contribution in [3.8, 4) is 17.2 Å². The van der Waals surface area contributed by atoms with Gasteiger partial charge < -0.3 is 24.3 Å². The number of carbonyl (C=O) groups is 1. The predicted octanol–water partition coefficient (Wildman–Crippen LogP) is 3.83. The SMILES string of the molecule is CCCCOc1ccc(CNC(=O)c2ccccc2OCCOC)cc1OC. The van der Waals surface area contributed by atoms with Gasteiger partial charge in [-0.05, 0) is 36.2 Å². The molecule has 0 aromatic heterocycles. The molecule has 0 fully saturated rings. The van der Waals surface area contributed by atoms with E-state index in [4.69, 9.17) is 18.9 Å². The fourth-order valence-corrected chi connectivity index (χ4v) is 2.56. The highest BCUT2D eigenvalue weighted by atomic mass is 16.5. The second-order valence-electron chi connectivity index (χ2n) is 6.21. The number of hydrogen-bond acceptors (Lipinski definition) is 5. The van der Waals surface area contributed by atoms with Crippen molar-refractivity contribution in [3.05, 3.63) is 53.6 Å². The van der Waals surface area contributed by atoms with Gasteiger partial charge in [-0.1, -0.05) is 31.5 Å². The molecule has 2 aromatic carbocycles. The average Bonchev–Trinajstić information content (AvgIpc) is 2.73. The average molecular weight is 387 g/mol. The zero-order valence-corrected chi connectivity index (χ0v) is 16.8. The second kappa shape index (κ2) is 11.9. The van der Waals surface area contributed by atoms with Crippen molar-refractivity contribution < 1.29 is 23.7 Å². The molecule has 0 aliphatic rings. The normalized spacial score (nSPS) is 10.4. The van der Waals surface area contributed by atoms with Crippen LogP contribution >= 0.6 is 0 Å². The number of rotatable bonds is 12. The molecule has 0 atom stereocenters. The zero-order chi connectivity index (χ0) is 20.2. The number of hydrogen-bond donors (Lipinski definition) is 1. The third-order valence-corrected chi connectivity index (χ3v) is 4.11. The van der Waals surface area contributed by atoms with Crippen LogP contribution in [-0.4, -0.2) is 39.9 Å². The number of ether oxygens (including phenoxy) is 4. The topological polar surface area (TPSA) is 66.0 Å². The van der Waals surface area contributed by atoms with Gasteiger partial charge in [0.1, 0.15) is 12.4 Å². The quantitative estimate of drug-likeness (QED) is 0.561. The molecular weight excluding hydrogens is 358 g/mol. The van der Waals surface area contributed by atoms with Gasteiger partial charge in [0.25, 0.3) is 5.91 Å². The fourth-order valence-electron chi connectivity index (χ4n) is 2.56. The maximum atomic E-state index is 12.6. The number of methoxy groups -OCH3 is 2. The number of para-hydroxylation sites is 1. The summed E-state index contributed by atoms with van der Waals surface area (Å²) >= 11 is 0. The van der Waals surface area contributed by atoms with E-state index >= 15 is 0 Å². The van der Waals surface area contributed by atoms with Crippen molar-refractivity contribution in [2.45, 2.75) is 26.3 Å². The van der Waals surface area contributed by atoms with Gasteiger partial charge in [0.2, 0.25) is 0 Å². The van der Waals surface area contributed by atoms with E-state index in [9.17, 15) is 4.79 Å². The minimum Gasteiger partial charge on any atom is -0.493 e. The lowest BCUT2D eigenvalue weighted by molar-refractivity contribution is 0.0943. The predicted molar refractivity (Wildman–Crippen MR) is 108 cm³/mol. The molecule has 0 heterocycles. The Morgan fingerprint density at radius 3 is 2.46 bits per heavy atom. The third kappa shape index (κ3) is 6.46. The lowest BCUT2D eigenvalue weighted by Gasteiger charge is -2.13. The highest BCUT2D eigenvalue weighted by Crippen LogP contribution is 2.28. The fraction of sp³-hybridized carbons (Fsp3) is 0.409. The number of benzene rings is 2. The standard InChI is InChI=1S/C22H29NO5/c1-4-5-12-27-20-11-10-17(15-21(20)26-3)16-23-22(24)18-8-6-7-9-19(18)28-14-13-25-2/h6-11,15H,4-5,12-14,16H2,1-3H3,(H,23,24). The molecule has 2 aromatic rings. The Morgan fingerprint density at radius 2 is 1.71 bits per heavy atom. The van der Waals surface area contributed by atoms with Crippen LogP contribution < -0.4 is 19.5 Å². The molecule has 0 bridgehead atoms. The van der Waals surface area contributed by atoms with E-state index in [2.05, 4.69) is 12.2 Å². The van der Waals surface area contributed by atoms with Crippen molar-refractivity contribution in [3.63, 3.8) is 0 Å². The Morgan fingerprint density at radius 1 is 0.929 bits per heavy atom. The van der Waals surface area contributed by atoms with Gasteiger partial charge in [0.05, 0.1) is 25.9 Å². The first-order valence-electron chi connectivity index (χ1n) is 9.48. The molecule has 0 aliphatic carbocycles. The van der Waals surface area contributed by atoms with Gasteiger partial charge >= 0.3 is 0 Å². The van der Waals surface area contributed by atoms with Gasteiger partial charge in [-0.3, -0.25) is 4.79 Å². The molecule has 1 N–H and O–H groups in total. The van der Waals surface area contributed by atoms with Crippen LogP contribution in [-0.2, 0) is 11.3 Å². The molecule has 2 rings (SSSR count). The number of carbonyl (C=O) groups excluding carboxylic acids is 1. The van der Waals surface area contributed by atoms with Crippen LogP contribution in [0.4, 0.5) is 0 Å². The summed E-state index contributed by atoms with van der Waals surface area (Å²) < 4.78 is 21.8. The second-order valence-corrected chi connectivity index (χ2v) is 6.21. The summed E-state index contributed by atoms with van der Waals surface area (Å²) in [6.45, 7) is 3.99. The molecule has 6 heteroatoms. The maximum Gasteiger partial charge on any atom is 0.255 e. The lowest BCUT2D eigenvalue weighted by Crippen LogP contribution is -2.23. The van der Waals surface area contributed by atoms with Gasteiger partial charge in [-0.2, -0.15) is 0 Å². The van der Waals surface area contributed by atoms with Gasteiger partial charge in [0, 0.05) is 13.7 Å². The minimum absolute atomic E-state index is 0.199. The molecule has 6 nitrogen and oxygen atoms in total. The van der Waals surface area contributed by atoms with E-state index in [0.29, 0.717) is 49.2 Å². The van der Waals surface area contributed by atoms with Crippen LogP contribution in [0.25, 0.3) is 0 Å². The van der Waals surface area contributed by atoms with Crippen molar-refractivity contribution in [1.82, 2.24) is 5.32 Å². The molecular formula is C22H29NO5. The number of nitrogens with one attached hydrogen (secondary N) is 1. The summed E-state index contributed by atoms with van der Waals surface area (Å²) in [5, 5.41) is 2.92. The highest BCUT2D eigenvalue weighted by Gasteiger charge is 2.13. The van der Waals surface area contributed by atoms with Crippen molar-refractivity contribution >= 4 is 5.91 Å². The van der Waals surface area contributed by atoms with Gasteiger partial charge in [-0.15, -0.1) is 0 Å². The van der Waals surface area contributed by atoms with Gasteiger partial charge in [-0.25, -0.2) is 0 Å². The first-order chi connectivity index (χ1) is 13.7. The van der Waals surface area contributed by atoms with Crippen molar-refractivity contribution in [2.24, 2.45) is 0 Å². The zero-order valence-electron chi connectivity index (χ0n) is 16.8. The first-order valence-corrected chi connectivity index (χ1v) is 9.48. The van der Waals surface area contributed by atoms with Crippen LogP contribution in [0.5, 0.6) is 17.2 Å². The van der Waals surface area contributed by atoms with E-state index in [1.807, 2.05) is 30.3 Å². The molecule has 0 saturated carbocycles. The van der Waals surface area contributed by atoms with E-state index < -0.39 is 0 Å².